The molecule has 5 nitrogen and oxygen atoms in total. The highest BCUT2D eigenvalue weighted by molar-refractivity contribution is 5.86. The minimum atomic E-state index is -1.04. The second kappa shape index (κ2) is 5.59. The third-order valence-corrected chi connectivity index (χ3v) is 4.52. The maximum Gasteiger partial charge on any atom is 0.407 e. The zero-order valence-corrected chi connectivity index (χ0v) is 12.2. The van der Waals surface area contributed by atoms with Gasteiger partial charge in [-0.1, -0.05) is 24.3 Å². The molecule has 2 aromatic carbocycles. The minimum absolute atomic E-state index is 0.0916. The number of piperidine rings is 1. The van der Waals surface area contributed by atoms with Crippen LogP contribution >= 0.6 is 0 Å². The monoisotopic (exact) mass is 301 g/mol. The summed E-state index contributed by atoms with van der Waals surface area (Å²) in [7, 11) is 0. The molecule has 3 rings (SSSR count). The number of carbonyl (C=O) groups is 1. The molecule has 0 aromatic heterocycles. The molecule has 0 unspecified atom stereocenters. The van der Waals surface area contributed by atoms with Gasteiger partial charge in [-0.2, -0.15) is 0 Å². The predicted octanol–water partition coefficient (Wildman–Crippen LogP) is 2.29. The van der Waals surface area contributed by atoms with E-state index in [1.807, 2.05) is 36.4 Å². The van der Waals surface area contributed by atoms with Crippen LogP contribution in [0.3, 0.4) is 0 Å². The van der Waals surface area contributed by atoms with E-state index >= 15 is 0 Å². The van der Waals surface area contributed by atoms with Crippen molar-refractivity contribution in [1.82, 2.24) is 4.90 Å². The van der Waals surface area contributed by atoms with Crippen molar-refractivity contribution >= 4 is 16.9 Å². The van der Waals surface area contributed by atoms with Gasteiger partial charge in [0.05, 0.1) is 12.2 Å². The maximum atomic E-state index is 11.0. The Bertz CT molecular complexity index is 705. The summed E-state index contributed by atoms with van der Waals surface area (Å²) in [5.41, 5.74) is 0.488. The Balaban J connectivity index is 1.98. The molecular weight excluding hydrogens is 282 g/mol. The number of rotatable bonds is 2. The molecule has 0 atom stereocenters. The second-order valence-corrected chi connectivity index (χ2v) is 5.82. The van der Waals surface area contributed by atoms with Gasteiger partial charge in [0.15, 0.2) is 0 Å². The summed E-state index contributed by atoms with van der Waals surface area (Å²) < 4.78 is 0. The number of carboxylic acid groups (broad SMARTS) is 1. The number of benzene rings is 2. The summed E-state index contributed by atoms with van der Waals surface area (Å²) in [6.07, 6.45) is -0.220. The Kier molecular flexibility index (Phi) is 3.76. The number of likely N-dealkylation sites (tertiary alicyclic amines) is 1. The van der Waals surface area contributed by atoms with E-state index in [1.54, 1.807) is 0 Å². The van der Waals surface area contributed by atoms with Crippen LogP contribution in [0.25, 0.3) is 10.8 Å². The van der Waals surface area contributed by atoms with Crippen LogP contribution in [-0.2, 0) is 12.2 Å². The lowest BCUT2D eigenvalue weighted by molar-refractivity contribution is -0.0213. The largest absolute Gasteiger partial charge is 0.465 e. The van der Waals surface area contributed by atoms with E-state index in [9.17, 15) is 15.0 Å². The standard InChI is InChI=1S/C17H19NO4/c19-11-13-10-14(9-12-3-1-2-4-15(12)13)17(22)5-7-18(8-6-17)16(20)21/h1-4,9-10,19,22H,5-8,11H2,(H,20,21). The van der Waals surface area contributed by atoms with E-state index in [0.717, 1.165) is 21.9 Å². The van der Waals surface area contributed by atoms with Gasteiger partial charge in [0.2, 0.25) is 0 Å². The lowest BCUT2D eigenvalue weighted by Gasteiger charge is -2.37. The second-order valence-electron chi connectivity index (χ2n) is 5.82. The summed E-state index contributed by atoms with van der Waals surface area (Å²) in [5.74, 6) is 0. The van der Waals surface area contributed by atoms with Crippen molar-refractivity contribution in [2.24, 2.45) is 0 Å². The van der Waals surface area contributed by atoms with Gasteiger partial charge in [-0.05, 0) is 46.9 Å². The van der Waals surface area contributed by atoms with Gasteiger partial charge >= 0.3 is 6.09 Å². The van der Waals surface area contributed by atoms with Crippen molar-refractivity contribution in [3.05, 3.63) is 47.5 Å². The predicted molar refractivity (Wildman–Crippen MR) is 82.6 cm³/mol. The number of aliphatic hydroxyl groups excluding tert-OH is 1. The first-order valence-electron chi connectivity index (χ1n) is 7.37. The van der Waals surface area contributed by atoms with Gasteiger partial charge in [0.25, 0.3) is 0 Å². The van der Waals surface area contributed by atoms with Crippen LogP contribution in [0, 0.1) is 0 Å². The van der Waals surface area contributed by atoms with Crippen molar-refractivity contribution in [3.8, 4) is 0 Å². The first kappa shape index (κ1) is 14.8. The number of amides is 1. The number of nitrogens with zero attached hydrogens (tertiary/aromatic N) is 1. The van der Waals surface area contributed by atoms with Crippen molar-refractivity contribution in [3.63, 3.8) is 0 Å². The SMILES string of the molecule is O=C(O)N1CCC(O)(c2cc(CO)c3ccccc3c2)CC1. The molecule has 1 aliphatic rings. The zero-order chi connectivity index (χ0) is 15.7. The first-order chi connectivity index (χ1) is 10.5. The molecule has 1 amide bonds. The molecule has 0 radical (unpaired) electrons. The van der Waals surface area contributed by atoms with Crippen molar-refractivity contribution in [2.75, 3.05) is 13.1 Å². The van der Waals surface area contributed by atoms with Crippen LogP contribution in [-0.4, -0.2) is 39.4 Å². The van der Waals surface area contributed by atoms with Crippen LogP contribution in [0.1, 0.15) is 24.0 Å². The molecule has 22 heavy (non-hydrogen) atoms. The van der Waals surface area contributed by atoms with Crippen molar-refractivity contribution in [2.45, 2.75) is 25.0 Å². The van der Waals surface area contributed by atoms with E-state index in [4.69, 9.17) is 5.11 Å². The number of hydrogen-bond donors (Lipinski definition) is 3. The van der Waals surface area contributed by atoms with E-state index in [1.165, 1.54) is 4.90 Å². The summed E-state index contributed by atoms with van der Waals surface area (Å²) in [5, 5.41) is 31.5. The highest BCUT2D eigenvalue weighted by atomic mass is 16.4. The molecule has 5 heteroatoms. The van der Waals surface area contributed by atoms with Gasteiger partial charge in [-0.15, -0.1) is 0 Å². The smallest absolute Gasteiger partial charge is 0.407 e. The molecule has 3 N–H and O–H groups in total. The minimum Gasteiger partial charge on any atom is -0.465 e. The van der Waals surface area contributed by atoms with Crippen LogP contribution < -0.4 is 0 Å². The number of fused-ring (bicyclic) bond motifs is 1. The Morgan fingerprint density at radius 2 is 1.86 bits per heavy atom. The molecule has 1 aliphatic heterocycles. The molecule has 1 fully saturated rings. The van der Waals surface area contributed by atoms with Crippen LogP contribution in [0.4, 0.5) is 4.79 Å². The molecule has 0 saturated carbocycles. The number of aliphatic hydroxyl groups is 2. The fraction of sp³-hybridized carbons (Fsp3) is 0.353. The fourth-order valence-electron chi connectivity index (χ4n) is 3.15. The molecule has 1 saturated heterocycles. The molecule has 0 bridgehead atoms. The third kappa shape index (κ3) is 2.53. The summed E-state index contributed by atoms with van der Waals surface area (Å²) in [4.78, 5) is 12.3. The van der Waals surface area contributed by atoms with Gasteiger partial charge in [0, 0.05) is 13.1 Å². The van der Waals surface area contributed by atoms with E-state index in [-0.39, 0.29) is 6.61 Å². The van der Waals surface area contributed by atoms with Crippen LogP contribution in [0.5, 0.6) is 0 Å². The molecule has 0 spiro atoms. The Morgan fingerprint density at radius 1 is 1.18 bits per heavy atom. The highest BCUT2D eigenvalue weighted by Gasteiger charge is 2.35. The molecule has 2 aromatic rings. The fourth-order valence-corrected chi connectivity index (χ4v) is 3.15. The summed E-state index contributed by atoms with van der Waals surface area (Å²) >= 11 is 0. The Labute approximate surface area is 128 Å². The van der Waals surface area contributed by atoms with Gasteiger partial charge < -0.3 is 20.2 Å². The van der Waals surface area contributed by atoms with E-state index in [2.05, 4.69) is 0 Å². The lowest BCUT2D eigenvalue weighted by Crippen LogP contribution is -2.44. The topological polar surface area (TPSA) is 81.0 Å². The quantitative estimate of drug-likeness (QED) is 0.795. The zero-order valence-electron chi connectivity index (χ0n) is 12.2. The van der Waals surface area contributed by atoms with Crippen LogP contribution in [0.15, 0.2) is 36.4 Å². The maximum absolute atomic E-state index is 11.0. The Morgan fingerprint density at radius 3 is 2.50 bits per heavy atom. The van der Waals surface area contributed by atoms with Crippen molar-refractivity contribution < 1.29 is 20.1 Å². The average molecular weight is 301 g/mol. The lowest BCUT2D eigenvalue weighted by atomic mass is 9.82. The third-order valence-electron chi connectivity index (χ3n) is 4.52. The molecule has 1 heterocycles. The highest BCUT2D eigenvalue weighted by Crippen LogP contribution is 2.35. The summed E-state index contributed by atoms with van der Waals surface area (Å²) in [6, 6.07) is 11.5. The molecule has 116 valence electrons. The van der Waals surface area contributed by atoms with Crippen molar-refractivity contribution in [1.29, 1.82) is 0 Å². The first-order valence-corrected chi connectivity index (χ1v) is 7.37. The summed E-state index contributed by atoms with van der Waals surface area (Å²) in [6.45, 7) is 0.534. The van der Waals surface area contributed by atoms with Gasteiger partial charge in [-0.25, -0.2) is 4.79 Å². The number of hydrogen-bond acceptors (Lipinski definition) is 3. The average Bonchev–Trinajstić information content (AvgIpc) is 2.54. The van der Waals surface area contributed by atoms with Gasteiger partial charge in [-0.3, -0.25) is 0 Å². The van der Waals surface area contributed by atoms with Gasteiger partial charge in [0.1, 0.15) is 0 Å². The molecule has 0 aliphatic carbocycles. The van der Waals surface area contributed by atoms with E-state index < -0.39 is 11.7 Å². The van der Waals surface area contributed by atoms with E-state index in [0.29, 0.717) is 25.9 Å². The van der Waals surface area contributed by atoms with Crippen LogP contribution in [0.2, 0.25) is 0 Å². The molecular formula is C17H19NO4. The Hall–Kier alpha value is -2.11. The normalized spacial score (nSPS) is 17.6.